The van der Waals surface area contributed by atoms with Gasteiger partial charge in [0.15, 0.2) is 11.5 Å². The lowest BCUT2D eigenvalue weighted by molar-refractivity contribution is 0.171. The Balaban J connectivity index is 1.71. The van der Waals surface area contributed by atoms with Crippen LogP contribution in [-0.2, 0) is 6.42 Å². The van der Waals surface area contributed by atoms with E-state index in [1.165, 1.54) is 5.56 Å². The molecule has 0 fully saturated rings. The fraction of sp³-hybridized carbons (Fsp3) is 0.312. The molecule has 1 atom stereocenters. The monoisotopic (exact) mass is 285 g/mol. The highest BCUT2D eigenvalue weighted by molar-refractivity contribution is 5.44. The van der Waals surface area contributed by atoms with E-state index in [0.29, 0.717) is 13.2 Å². The third-order valence-corrected chi connectivity index (χ3v) is 3.61. The summed E-state index contributed by atoms with van der Waals surface area (Å²) in [6.07, 6.45) is 5.47. The Morgan fingerprint density at radius 1 is 1.19 bits per heavy atom. The number of rotatable bonds is 5. The zero-order valence-corrected chi connectivity index (χ0v) is 11.8. The highest BCUT2D eigenvalue weighted by Gasteiger charge is 2.16. The van der Waals surface area contributed by atoms with Gasteiger partial charge in [-0.2, -0.15) is 0 Å². The average Bonchev–Trinajstić information content (AvgIpc) is 2.56. The normalized spacial score (nSPS) is 14.7. The number of ether oxygens (including phenoxy) is 2. The number of nitrogens with zero attached hydrogens (tertiary/aromatic N) is 1. The van der Waals surface area contributed by atoms with Crippen molar-refractivity contribution < 1.29 is 9.47 Å². The Hall–Kier alpha value is -2.11. The summed E-state index contributed by atoms with van der Waals surface area (Å²) in [6.45, 7) is 1.19. The van der Waals surface area contributed by atoms with E-state index in [-0.39, 0.29) is 6.04 Å². The summed E-state index contributed by atoms with van der Waals surface area (Å²) in [7, 11) is 0. The number of pyridine rings is 1. The van der Waals surface area contributed by atoms with Crippen LogP contribution in [0.1, 0.15) is 23.6 Å². The van der Waals surface area contributed by atoms with Gasteiger partial charge in [-0.05, 0) is 42.2 Å². The zero-order chi connectivity index (χ0) is 14.5. The minimum Gasteiger partial charge on any atom is -0.486 e. The Morgan fingerprint density at radius 3 is 2.81 bits per heavy atom. The molecular formula is C16H19N3O2. The van der Waals surface area contributed by atoms with Crippen molar-refractivity contribution in [2.24, 2.45) is 5.84 Å². The first-order chi connectivity index (χ1) is 10.4. The predicted molar refractivity (Wildman–Crippen MR) is 80.1 cm³/mol. The van der Waals surface area contributed by atoms with Gasteiger partial charge in [-0.1, -0.05) is 12.1 Å². The highest BCUT2D eigenvalue weighted by Crippen LogP contribution is 2.33. The fourth-order valence-corrected chi connectivity index (χ4v) is 2.48. The number of nitrogens with two attached hydrogens (primary N) is 1. The van der Waals surface area contributed by atoms with Crippen LogP contribution in [0.2, 0.25) is 0 Å². The first-order valence-electron chi connectivity index (χ1n) is 7.11. The maximum Gasteiger partial charge on any atom is 0.161 e. The Bertz CT molecular complexity index is 589. The van der Waals surface area contributed by atoms with Crippen LogP contribution in [0.25, 0.3) is 0 Å². The number of fused-ring (bicyclic) bond motifs is 1. The molecule has 110 valence electrons. The van der Waals surface area contributed by atoms with E-state index >= 15 is 0 Å². The average molecular weight is 285 g/mol. The van der Waals surface area contributed by atoms with Crippen molar-refractivity contribution in [1.29, 1.82) is 0 Å². The molecule has 21 heavy (non-hydrogen) atoms. The Morgan fingerprint density at radius 2 is 2.05 bits per heavy atom. The van der Waals surface area contributed by atoms with Crippen LogP contribution in [0.4, 0.5) is 0 Å². The van der Waals surface area contributed by atoms with Crippen LogP contribution < -0.4 is 20.7 Å². The van der Waals surface area contributed by atoms with Crippen molar-refractivity contribution in [2.75, 3.05) is 13.2 Å². The molecular weight excluding hydrogens is 266 g/mol. The number of hydrazine groups is 1. The van der Waals surface area contributed by atoms with Crippen molar-refractivity contribution in [2.45, 2.75) is 18.9 Å². The number of hydrogen-bond acceptors (Lipinski definition) is 5. The van der Waals surface area contributed by atoms with Gasteiger partial charge in [-0.15, -0.1) is 0 Å². The SMILES string of the molecule is NNC(CCc1cccnc1)c1ccc2c(c1)OCCO2. The van der Waals surface area contributed by atoms with Gasteiger partial charge in [0.2, 0.25) is 0 Å². The first-order valence-corrected chi connectivity index (χ1v) is 7.11. The third kappa shape index (κ3) is 3.32. The summed E-state index contributed by atoms with van der Waals surface area (Å²) in [5.74, 6) is 7.30. The van der Waals surface area contributed by atoms with E-state index < -0.39 is 0 Å². The van der Waals surface area contributed by atoms with Gasteiger partial charge in [0.25, 0.3) is 0 Å². The molecule has 1 aliphatic heterocycles. The van der Waals surface area contributed by atoms with Gasteiger partial charge in [-0.3, -0.25) is 16.3 Å². The Labute approximate surface area is 124 Å². The first kappa shape index (κ1) is 13.9. The van der Waals surface area contributed by atoms with Crippen molar-refractivity contribution >= 4 is 0 Å². The van der Waals surface area contributed by atoms with Crippen molar-refractivity contribution in [3.05, 3.63) is 53.9 Å². The lowest BCUT2D eigenvalue weighted by Gasteiger charge is -2.22. The molecule has 1 aromatic heterocycles. The maximum atomic E-state index is 5.71. The van der Waals surface area contributed by atoms with E-state index in [9.17, 15) is 0 Å². The molecule has 0 saturated carbocycles. The van der Waals surface area contributed by atoms with E-state index in [2.05, 4.69) is 16.5 Å². The molecule has 5 nitrogen and oxygen atoms in total. The van der Waals surface area contributed by atoms with Gasteiger partial charge in [0.1, 0.15) is 13.2 Å². The lowest BCUT2D eigenvalue weighted by Crippen LogP contribution is -2.28. The second-order valence-corrected chi connectivity index (χ2v) is 5.02. The van der Waals surface area contributed by atoms with E-state index in [0.717, 1.165) is 29.9 Å². The lowest BCUT2D eigenvalue weighted by atomic mass is 9.99. The summed E-state index contributed by atoms with van der Waals surface area (Å²) in [5, 5.41) is 0. The molecule has 1 unspecified atom stereocenters. The van der Waals surface area contributed by atoms with E-state index in [1.807, 2.05) is 30.5 Å². The molecule has 5 heteroatoms. The van der Waals surface area contributed by atoms with Crippen LogP contribution in [0.15, 0.2) is 42.7 Å². The number of nitrogens with one attached hydrogen (secondary N) is 1. The highest BCUT2D eigenvalue weighted by atomic mass is 16.6. The van der Waals surface area contributed by atoms with Crippen LogP contribution in [0, 0.1) is 0 Å². The van der Waals surface area contributed by atoms with Crippen LogP contribution in [-0.4, -0.2) is 18.2 Å². The number of aromatic nitrogens is 1. The molecule has 3 N–H and O–H groups in total. The molecule has 0 spiro atoms. The molecule has 2 heterocycles. The van der Waals surface area contributed by atoms with Gasteiger partial charge in [-0.25, -0.2) is 0 Å². The predicted octanol–water partition coefficient (Wildman–Crippen LogP) is 1.99. The zero-order valence-electron chi connectivity index (χ0n) is 11.8. The van der Waals surface area contributed by atoms with Gasteiger partial charge < -0.3 is 9.47 Å². The van der Waals surface area contributed by atoms with E-state index in [1.54, 1.807) is 6.20 Å². The van der Waals surface area contributed by atoms with Crippen molar-refractivity contribution in [3.63, 3.8) is 0 Å². The number of aryl methyl sites for hydroxylation is 1. The standard InChI is InChI=1S/C16H19N3O2/c17-19-14(5-3-12-2-1-7-18-11-12)13-4-6-15-16(10-13)21-9-8-20-15/h1-2,4,6-7,10-11,14,19H,3,5,8-9,17H2. The van der Waals surface area contributed by atoms with E-state index in [4.69, 9.17) is 15.3 Å². The summed E-state index contributed by atoms with van der Waals surface area (Å²) < 4.78 is 11.2. The molecule has 0 bridgehead atoms. The summed E-state index contributed by atoms with van der Waals surface area (Å²) in [6, 6.07) is 10.1. The second-order valence-electron chi connectivity index (χ2n) is 5.02. The Kier molecular flexibility index (Phi) is 4.33. The second kappa shape index (κ2) is 6.56. The molecule has 0 amide bonds. The summed E-state index contributed by atoms with van der Waals surface area (Å²) in [4.78, 5) is 4.13. The minimum absolute atomic E-state index is 0.0704. The van der Waals surface area contributed by atoms with Gasteiger partial charge in [0.05, 0.1) is 0 Å². The molecule has 2 aromatic rings. The topological polar surface area (TPSA) is 69.4 Å². The number of hydrogen-bond donors (Lipinski definition) is 2. The van der Waals surface area contributed by atoms with Gasteiger partial charge >= 0.3 is 0 Å². The molecule has 1 aliphatic rings. The molecule has 3 rings (SSSR count). The minimum atomic E-state index is 0.0704. The summed E-state index contributed by atoms with van der Waals surface area (Å²) in [5.41, 5.74) is 5.19. The smallest absolute Gasteiger partial charge is 0.161 e. The van der Waals surface area contributed by atoms with Crippen molar-refractivity contribution in [1.82, 2.24) is 10.4 Å². The quantitative estimate of drug-likeness (QED) is 0.649. The molecule has 0 radical (unpaired) electrons. The van der Waals surface area contributed by atoms with Crippen molar-refractivity contribution in [3.8, 4) is 11.5 Å². The summed E-state index contributed by atoms with van der Waals surface area (Å²) >= 11 is 0. The molecule has 1 aromatic carbocycles. The molecule has 0 saturated heterocycles. The molecule has 0 aliphatic carbocycles. The van der Waals surface area contributed by atoms with Crippen LogP contribution in [0.5, 0.6) is 11.5 Å². The third-order valence-electron chi connectivity index (χ3n) is 3.61. The van der Waals surface area contributed by atoms with Crippen LogP contribution >= 0.6 is 0 Å². The van der Waals surface area contributed by atoms with Crippen LogP contribution in [0.3, 0.4) is 0 Å². The number of benzene rings is 1. The maximum absolute atomic E-state index is 5.71. The van der Waals surface area contributed by atoms with Gasteiger partial charge in [0, 0.05) is 18.4 Å². The largest absolute Gasteiger partial charge is 0.486 e. The fourth-order valence-electron chi connectivity index (χ4n) is 2.48.